The van der Waals surface area contributed by atoms with Gasteiger partial charge in [0, 0.05) is 17.8 Å². The standard InChI is InChI=1S/C27H31N5O3S/c1-4-5-14-28-23(33)15-22-26(35)31-25-20-8-6-7-9-21(20)30-27(32(22)25)36-16-24(34)29-19-12-10-18(11-13-19)17(2)3/h6-13,17,22H,4-5,14-16H2,1-3H3,(H,28,33)(H,29,34). The van der Waals surface area contributed by atoms with Crippen molar-refractivity contribution in [2.75, 3.05) is 17.6 Å². The molecule has 2 heterocycles. The minimum absolute atomic E-state index is 0.0221. The zero-order valence-corrected chi connectivity index (χ0v) is 21.6. The normalized spacial score (nSPS) is 16.3. The molecule has 2 aliphatic heterocycles. The lowest BCUT2D eigenvalue weighted by atomic mass is 10.0. The Hall–Kier alpha value is -3.46. The molecule has 188 valence electrons. The topological polar surface area (TPSA) is 103 Å². The highest BCUT2D eigenvalue weighted by atomic mass is 32.2. The maximum absolute atomic E-state index is 12.9. The molecule has 3 amide bonds. The Kier molecular flexibility index (Phi) is 8.20. The van der Waals surface area contributed by atoms with Crippen LogP contribution in [0.4, 0.5) is 11.4 Å². The van der Waals surface area contributed by atoms with Gasteiger partial charge < -0.3 is 10.6 Å². The molecule has 2 aromatic carbocycles. The average Bonchev–Trinajstić information content (AvgIpc) is 3.19. The van der Waals surface area contributed by atoms with Crippen molar-refractivity contribution in [2.45, 2.75) is 52.0 Å². The first kappa shape index (κ1) is 25.6. The van der Waals surface area contributed by atoms with Gasteiger partial charge in [-0.05, 0) is 42.2 Å². The fraction of sp³-hybridized carbons (Fsp3) is 0.370. The number of rotatable bonds is 9. The SMILES string of the molecule is CCCCNC(=O)CC1C(=O)N=C2c3ccccc3N=C(SCC(=O)Nc3ccc(C(C)C)cc3)N21. The third-order valence-electron chi connectivity index (χ3n) is 6.03. The molecule has 36 heavy (non-hydrogen) atoms. The third kappa shape index (κ3) is 5.84. The van der Waals surface area contributed by atoms with Crippen LogP contribution in [0.5, 0.6) is 0 Å². The minimum Gasteiger partial charge on any atom is -0.356 e. The van der Waals surface area contributed by atoms with Gasteiger partial charge in [-0.25, -0.2) is 4.99 Å². The Morgan fingerprint density at radius 3 is 2.53 bits per heavy atom. The summed E-state index contributed by atoms with van der Waals surface area (Å²) in [5.74, 6) is 0.221. The summed E-state index contributed by atoms with van der Waals surface area (Å²) in [6, 6.07) is 14.4. The number of aliphatic imine (C=N–C) groups is 2. The number of carbonyl (C=O) groups excluding carboxylic acids is 3. The number of hydrogen-bond acceptors (Lipinski definition) is 6. The van der Waals surface area contributed by atoms with Crippen LogP contribution in [0.3, 0.4) is 0 Å². The number of fused-ring (bicyclic) bond motifs is 3. The smallest absolute Gasteiger partial charge is 0.271 e. The molecule has 2 N–H and O–H groups in total. The lowest BCUT2D eigenvalue weighted by Gasteiger charge is -2.30. The van der Waals surface area contributed by atoms with E-state index in [9.17, 15) is 14.4 Å². The van der Waals surface area contributed by atoms with Crippen LogP contribution < -0.4 is 10.6 Å². The second-order valence-electron chi connectivity index (χ2n) is 9.09. The molecule has 1 unspecified atom stereocenters. The van der Waals surface area contributed by atoms with Gasteiger partial charge in [0.25, 0.3) is 5.91 Å². The minimum atomic E-state index is -0.784. The van der Waals surface area contributed by atoms with E-state index in [1.165, 1.54) is 17.3 Å². The summed E-state index contributed by atoms with van der Waals surface area (Å²) in [5, 5.41) is 6.26. The van der Waals surface area contributed by atoms with Crippen molar-refractivity contribution in [1.82, 2.24) is 10.2 Å². The first-order chi connectivity index (χ1) is 17.4. The van der Waals surface area contributed by atoms with E-state index in [4.69, 9.17) is 4.99 Å². The number of benzene rings is 2. The highest BCUT2D eigenvalue weighted by molar-refractivity contribution is 8.14. The number of hydrogen-bond donors (Lipinski definition) is 2. The Morgan fingerprint density at radius 1 is 1.06 bits per heavy atom. The maximum atomic E-state index is 12.9. The number of amidine groups is 2. The maximum Gasteiger partial charge on any atom is 0.271 e. The molecule has 9 heteroatoms. The molecule has 0 bridgehead atoms. The molecular formula is C27H31N5O3S. The van der Waals surface area contributed by atoms with Crippen molar-refractivity contribution in [3.63, 3.8) is 0 Å². The fourth-order valence-electron chi connectivity index (χ4n) is 4.03. The Bertz CT molecular complexity index is 1210. The van der Waals surface area contributed by atoms with Gasteiger partial charge in [-0.2, -0.15) is 4.99 Å². The third-order valence-corrected chi connectivity index (χ3v) is 6.99. The number of unbranched alkanes of at least 4 members (excludes halogenated alkanes) is 1. The van der Waals surface area contributed by atoms with Crippen molar-refractivity contribution in [3.8, 4) is 0 Å². The molecule has 0 spiro atoms. The number of thioether (sulfide) groups is 1. The summed E-state index contributed by atoms with van der Waals surface area (Å²) in [6.45, 7) is 6.86. The number of para-hydroxylation sites is 1. The number of anilines is 1. The van der Waals surface area contributed by atoms with Crippen LogP contribution in [0, 0.1) is 0 Å². The number of nitrogens with zero attached hydrogens (tertiary/aromatic N) is 3. The Balaban J connectivity index is 1.48. The molecule has 0 saturated heterocycles. The highest BCUT2D eigenvalue weighted by Crippen LogP contribution is 2.35. The van der Waals surface area contributed by atoms with Gasteiger partial charge in [-0.1, -0.05) is 63.2 Å². The van der Waals surface area contributed by atoms with E-state index in [0.29, 0.717) is 29.2 Å². The molecule has 2 aliphatic rings. The summed E-state index contributed by atoms with van der Waals surface area (Å²) < 4.78 is 0. The van der Waals surface area contributed by atoms with Crippen molar-refractivity contribution in [2.24, 2.45) is 9.98 Å². The summed E-state index contributed by atoms with van der Waals surface area (Å²) in [7, 11) is 0. The fourth-order valence-corrected chi connectivity index (χ4v) is 4.88. The molecule has 8 nitrogen and oxygen atoms in total. The van der Waals surface area contributed by atoms with Crippen LogP contribution in [0.25, 0.3) is 0 Å². The van der Waals surface area contributed by atoms with Crippen LogP contribution in [0.1, 0.15) is 57.1 Å². The van der Waals surface area contributed by atoms with Crippen LogP contribution in [-0.4, -0.2) is 52.0 Å². The lowest BCUT2D eigenvalue weighted by molar-refractivity contribution is -0.126. The molecule has 0 fully saturated rings. The van der Waals surface area contributed by atoms with Crippen LogP contribution in [0.2, 0.25) is 0 Å². The van der Waals surface area contributed by atoms with Crippen molar-refractivity contribution in [3.05, 3.63) is 59.7 Å². The molecule has 4 rings (SSSR count). The largest absolute Gasteiger partial charge is 0.356 e. The average molecular weight is 506 g/mol. The molecular weight excluding hydrogens is 474 g/mol. The zero-order valence-electron chi connectivity index (χ0n) is 20.8. The lowest BCUT2D eigenvalue weighted by Crippen LogP contribution is -2.46. The van der Waals surface area contributed by atoms with E-state index in [0.717, 1.165) is 24.1 Å². The summed E-state index contributed by atoms with van der Waals surface area (Å²) >= 11 is 1.23. The van der Waals surface area contributed by atoms with Gasteiger partial charge >= 0.3 is 0 Å². The van der Waals surface area contributed by atoms with Gasteiger partial charge in [-0.3, -0.25) is 19.3 Å². The van der Waals surface area contributed by atoms with Gasteiger partial charge in [-0.15, -0.1) is 0 Å². The first-order valence-electron chi connectivity index (χ1n) is 12.3. The number of carbonyl (C=O) groups is 3. The summed E-state index contributed by atoms with van der Waals surface area (Å²) in [4.78, 5) is 48.8. The molecule has 1 atom stereocenters. The van der Waals surface area contributed by atoms with Gasteiger partial charge in [0.05, 0.1) is 17.9 Å². The molecule has 0 saturated carbocycles. The predicted molar refractivity (Wildman–Crippen MR) is 145 cm³/mol. The highest BCUT2D eigenvalue weighted by Gasteiger charge is 2.42. The number of nitrogens with one attached hydrogen (secondary N) is 2. The van der Waals surface area contributed by atoms with E-state index in [-0.39, 0.29) is 29.9 Å². The van der Waals surface area contributed by atoms with E-state index >= 15 is 0 Å². The van der Waals surface area contributed by atoms with Gasteiger partial charge in [0.2, 0.25) is 11.8 Å². The zero-order chi connectivity index (χ0) is 25.7. The molecule has 0 aromatic heterocycles. The quantitative estimate of drug-likeness (QED) is 0.490. The van der Waals surface area contributed by atoms with Crippen molar-refractivity contribution >= 4 is 51.9 Å². The van der Waals surface area contributed by atoms with E-state index in [2.05, 4.69) is 36.4 Å². The van der Waals surface area contributed by atoms with Gasteiger partial charge in [0.15, 0.2) is 5.17 Å². The molecule has 2 aromatic rings. The Morgan fingerprint density at radius 2 is 1.81 bits per heavy atom. The van der Waals surface area contributed by atoms with E-state index in [1.54, 1.807) is 4.90 Å². The van der Waals surface area contributed by atoms with E-state index in [1.807, 2.05) is 48.5 Å². The molecule has 0 radical (unpaired) electrons. The van der Waals surface area contributed by atoms with Crippen LogP contribution in [-0.2, 0) is 14.4 Å². The van der Waals surface area contributed by atoms with Crippen LogP contribution >= 0.6 is 11.8 Å². The predicted octanol–water partition coefficient (Wildman–Crippen LogP) is 4.45. The Labute approximate surface area is 215 Å². The monoisotopic (exact) mass is 505 g/mol. The van der Waals surface area contributed by atoms with Gasteiger partial charge in [0.1, 0.15) is 11.9 Å². The second-order valence-corrected chi connectivity index (χ2v) is 10.0. The summed E-state index contributed by atoms with van der Waals surface area (Å²) in [6.07, 6.45) is 1.82. The van der Waals surface area contributed by atoms with Crippen molar-refractivity contribution in [1.29, 1.82) is 0 Å². The summed E-state index contributed by atoms with van der Waals surface area (Å²) in [5.41, 5.74) is 3.34. The van der Waals surface area contributed by atoms with E-state index < -0.39 is 6.04 Å². The first-order valence-corrected chi connectivity index (χ1v) is 13.2. The van der Waals surface area contributed by atoms with Crippen LogP contribution in [0.15, 0.2) is 58.5 Å². The van der Waals surface area contributed by atoms with Crippen molar-refractivity contribution < 1.29 is 14.4 Å². The number of amides is 3. The second kappa shape index (κ2) is 11.5. The molecule has 0 aliphatic carbocycles.